The molecule has 116 valence electrons. The Balaban J connectivity index is 2.32. The molecule has 0 fully saturated rings. The first-order valence-electron chi connectivity index (χ1n) is 8.14. The van der Waals surface area contributed by atoms with Crippen molar-refractivity contribution in [3.8, 4) is 5.69 Å². The minimum absolute atomic E-state index is 1.29. The zero-order chi connectivity index (χ0) is 16.3. The highest BCUT2D eigenvalue weighted by Crippen LogP contribution is 2.37. The van der Waals surface area contributed by atoms with E-state index in [1.165, 1.54) is 50.0 Å². The van der Waals surface area contributed by atoms with Gasteiger partial charge in [-0.3, -0.25) is 0 Å². The fourth-order valence-electron chi connectivity index (χ4n) is 3.89. The molecule has 0 spiro atoms. The average Bonchev–Trinajstić information content (AvgIpc) is 2.98. The Kier molecular flexibility index (Phi) is 2.92. The average molecular weight is 302 g/mol. The first kappa shape index (κ1) is 14.1. The van der Waals surface area contributed by atoms with Gasteiger partial charge in [0.2, 0.25) is 0 Å². The molecule has 0 unspecified atom stereocenters. The molecule has 0 saturated heterocycles. The molecule has 0 N–H and O–H groups in total. The summed E-state index contributed by atoms with van der Waals surface area (Å²) in [6, 6.07) is 15.3. The van der Waals surface area contributed by atoms with E-state index in [1.54, 1.807) is 0 Å². The van der Waals surface area contributed by atoms with Gasteiger partial charge in [-0.05, 0) is 50.5 Å². The highest BCUT2D eigenvalue weighted by molar-refractivity contribution is 6.09. The van der Waals surface area contributed by atoms with Crippen LogP contribution in [0.3, 0.4) is 0 Å². The van der Waals surface area contributed by atoms with Gasteiger partial charge in [0.25, 0.3) is 0 Å². The van der Waals surface area contributed by atoms with Crippen molar-refractivity contribution in [3.63, 3.8) is 0 Å². The number of hydrogen-bond acceptors (Lipinski definition) is 0. The molecule has 4 aromatic rings. The van der Waals surface area contributed by atoms with Crippen LogP contribution in [0.4, 0.5) is 0 Å². The Morgan fingerprint density at radius 2 is 1.39 bits per heavy atom. The van der Waals surface area contributed by atoms with Crippen LogP contribution in [0, 0.1) is 27.7 Å². The second-order valence-corrected chi connectivity index (χ2v) is 6.56. The Labute approximate surface area is 137 Å². The third-order valence-electron chi connectivity index (χ3n) is 5.25. The summed E-state index contributed by atoms with van der Waals surface area (Å²) < 4.78 is 4.79. The van der Waals surface area contributed by atoms with Crippen molar-refractivity contribution < 1.29 is 0 Å². The maximum Gasteiger partial charge on any atom is 0.0752 e. The van der Waals surface area contributed by atoms with Crippen LogP contribution >= 0.6 is 0 Å². The largest absolute Gasteiger partial charge is 0.346 e. The molecule has 2 nitrogen and oxygen atoms in total. The Bertz CT molecular complexity index is 1040. The lowest BCUT2D eigenvalue weighted by atomic mass is 10.1. The van der Waals surface area contributed by atoms with Gasteiger partial charge in [0.15, 0.2) is 0 Å². The monoisotopic (exact) mass is 302 g/mol. The number of aromatic nitrogens is 2. The molecule has 0 aliphatic rings. The lowest BCUT2D eigenvalue weighted by Crippen LogP contribution is -2.00. The highest BCUT2D eigenvalue weighted by Gasteiger charge is 2.20. The van der Waals surface area contributed by atoms with E-state index in [9.17, 15) is 0 Å². The molecule has 0 atom stereocenters. The summed E-state index contributed by atoms with van der Waals surface area (Å²) in [5.74, 6) is 0. The number of hydrogen-bond donors (Lipinski definition) is 0. The summed E-state index contributed by atoms with van der Waals surface area (Å²) in [7, 11) is 2.17. The molecule has 0 aliphatic carbocycles. The zero-order valence-corrected chi connectivity index (χ0v) is 14.4. The molecular weight excluding hydrogens is 280 g/mol. The van der Waals surface area contributed by atoms with Crippen LogP contribution in [-0.4, -0.2) is 9.13 Å². The summed E-state index contributed by atoms with van der Waals surface area (Å²) >= 11 is 0. The number of rotatable bonds is 1. The fraction of sp³-hybridized carbons (Fsp3) is 0.238. The Morgan fingerprint density at radius 3 is 2.09 bits per heavy atom. The van der Waals surface area contributed by atoms with E-state index in [1.807, 2.05) is 0 Å². The van der Waals surface area contributed by atoms with Gasteiger partial charge in [-0.25, -0.2) is 0 Å². The number of para-hydroxylation sites is 2. The molecular formula is C21H22N2. The summed E-state index contributed by atoms with van der Waals surface area (Å²) in [5, 5.41) is 1.32. The molecule has 23 heavy (non-hydrogen) atoms. The van der Waals surface area contributed by atoms with Gasteiger partial charge in [0.1, 0.15) is 0 Å². The summed E-state index contributed by atoms with van der Waals surface area (Å²) in [6.07, 6.45) is 0. The minimum Gasteiger partial charge on any atom is -0.346 e. The molecule has 2 aromatic heterocycles. The van der Waals surface area contributed by atoms with E-state index in [0.29, 0.717) is 0 Å². The van der Waals surface area contributed by atoms with E-state index in [0.717, 1.165) is 0 Å². The maximum atomic E-state index is 2.46. The van der Waals surface area contributed by atoms with Crippen molar-refractivity contribution in [1.29, 1.82) is 0 Å². The third kappa shape index (κ3) is 1.75. The van der Waals surface area contributed by atoms with Gasteiger partial charge < -0.3 is 9.13 Å². The van der Waals surface area contributed by atoms with E-state index in [2.05, 4.69) is 86.3 Å². The summed E-state index contributed by atoms with van der Waals surface area (Å²) in [5.41, 5.74) is 10.6. The molecule has 0 amide bonds. The standard InChI is InChI=1S/C21H22N2/c1-13-9-8-10-14(2)19(13)23-18-12-7-6-11-17(18)21-20(23)15(3)16(4)22(21)5/h6-12H,1-5H3. The van der Waals surface area contributed by atoms with Crippen molar-refractivity contribution in [3.05, 3.63) is 64.8 Å². The van der Waals surface area contributed by atoms with Crippen LogP contribution in [0.5, 0.6) is 0 Å². The van der Waals surface area contributed by atoms with Crippen LogP contribution < -0.4 is 0 Å². The maximum absolute atomic E-state index is 2.46. The first-order chi connectivity index (χ1) is 11.0. The number of aryl methyl sites for hydroxylation is 4. The van der Waals surface area contributed by atoms with Crippen molar-refractivity contribution in [2.45, 2.75) is 27.7 Å². The van der Waals surface area contributed by atoms with Crippen LogP contribution in [0.1, 0.15) is 22.4 Å². The molecule has 0 aliphatic heterocycles. The zero-order valence-electron chi connectivity index (χ0n) is 14.4. The number of nitrogens with zero attached hydrogens (tertiary/aromatic N) is 2. The van der Waals surface area contributed by atoms with Crippen LogP contribution in [-0.2, 0) is 7.05 Å². The summed E-state index contributed by atoms with van der Waals surface area (Å²) in [6.45, 7) is 8.85. The lowest BCUT2D eigenvalue weighted by molar-refractivity contribution is 0.913. The van der Waals surface area contributed by atoms with Crippen molar-refractivity contribution in [1.82, 2.24) is 9.13 Å². The molecule has 0 saturated carbocycles. The molecule has 2 aromatic carbocycles. The van der Waals surface area contributed by atoms with Crippen molar-refractivity contribution in [2.75, 3.05) is 0 Å². The number of fused-ring (bicyclic) bond motifs is 3. The minimum atomic E-state index is 1.29. The SMILES string of the molecule is Cc1cccc(C)c1-n1c2ccccc2c2c1c(C)c(C)n2C. The molecule has 2 heteroatoms. The van der Waals surface area contributed by atoms with E-state index in [-0.39, 0.29) is 0 Å². The quantitative estimate of drug-likeness (QED) is 0.448. The van der Waals surface area contributed by atoms with Gasteiger partial charge in [0, 0.05) is 18.1 Å². The first-order valence-corrected chi connectivity index (χ1v) is 8.14. The second-order valence-electron chi connectivity index (χ2n) is 6.56. The second kappa shape index (κ2) is 4.76. The molecule has 0 bridgehead atoms. The van der Waals surface area contributed by atoms with Gasteiger partial charge in [-0.1, -0.05) is 36.4 Å². The van der Waals surface area contributed by atoms with E-state index >= 15 is 0 Å². The van der Waals surface area contributed by atoms with Gasteiger partial charge in [-0.15, -0.1) is 0 Å². The van der Waals surface area contributed by atoms with Crippen LogP contribution in [0.25, 0.3) is 27.6 Å². The molecule has 0 radical (unpaired) electrons. The van der Waals surface area contributed by atoms with Gasteiger partial charge in [0.05, 0.1) is 22.2 Å². The lowest BCUT2D eigenvalue weighted by Gasteiger charge is -2.14. The highest BCUT2D eigenvalue weighted by atomic mass is 15.1. The number of benzene rings is 2. The van der Waals surface area contributed by atoms with Crippen LogP contribution in [0.2, 0.25) is 0 Å². The predicted molar refractivity (Wildman–Crippen MR) is 98.7 cm³/mol. The van der Waals surface area contributed by atoms with Gasteiger partial charge in [-0.2, -0.15) is 0 Å². The molecule has 2 heterocycles. The Morgan fingerprint density at radius 1 is 0.739 bits per heavy atom. The normalized spacial score (nSPS) is 11.7. The predicted octanol–water partition coefficient (Wildman–Crippen LogP) is 5.36. The summed E-state index contributed by atoms with van der Waals surface area (Å²) in [4.78, 5) is 0. The van der Waals surface area contributed by atoms with Crippen molar-refractivity contribution in [2.24, 2.45) is 7.05 Å². The third-order valence-corrected chi connectivity index (χ3v) is 5.25. The topological polar surface area (TPSA) is 9.86 Å². The smallest absolute Gasteiger partial charge is 0.0752 e. The Hall–Kier alpha value is -2.48. The van der Waals surface area contributed by atoms with Gasteiger partial charge >= 0.3 is 0 Å². The van der Waals surface area contributed by atoms with E-state index < -0.39 is 0 Å². The van der Waals surface area contributed by atoms with E-state index in [4.69, 9.17) is 0 Å². The molecule has 4 rings (SSSR count). The fourth-order valence-corrected chi connectivity index (χ4v) is 3.89. The van der Waals surface area contributed by atoms with Crippen molar-refractivity contribution >= 4 is 21.9 Å². The van der Waals surface area contributed by atoms with Crippen LogP contribution in [0.15, 0.2) is 42.5 Å².